The molecule has 2 rings (SSSR count). The molecular formula is C15H21N3O. The number of hydrogen-bond donors (Lipinski definition) is 2. The van der Waals surface area contributed by atoms with Gasteiger partial charge in [-0.3, -0.25) is 5.10 Å². The lowest BCUT2D eigenvalue weighted by Crippen LogP contribution is -2.00. The minimum atomic E-state index is 0.402. The summed E-state index contributed by atoms with van der Waals surface area (Å²) in [6.07, 6.45) is 0.929. The van der Waals surface area contributed by atoms with Gasteiger partial charge >= 0.3 is 0 Å². The molecular weight excluding hydrogens is 238 g/mol. The van der Waals surface area contributed by atoms with Gasteiger partial charge in [-0.2, -0.15) is 5.10 Å². The number of methoxy groups -OCH3 is 1. The lowest BCUT2D eigenvalue weighted by molar-refractivity contribution is 0.411. The molecule has 0 saturated carbocycles. The minimum Gasteiger partial charge on any atom is -0.496 e. The number of benzene rings is 1. The molecule has 0 fully saturated rings. The van der Waals surface area contributed by atoms with Gasteiger partial charge in [0.15, 0.2) is 0 Å². The van der Waals surface area contributed by atoms with Crippen molar-refractivity contribution in [2.75, 3.05) is 12.8 Å². The Kier molecular flexibility index (Phi) is 3.79. The van der Waals surface area contributed by atoms with Crippen LogP contribution < -0.4 is 10.5 Å². The zero-order valence-corrected chi connectivity index (χ0v) is 11.9. The number of aromatic nitrogens is 2. The third-order valence-corrected chi connectivity index (χ3v) is 3.35. The van der Waals surface area contributed by atoms with Crippen molar-refractivity contribution in [3.8, 4) is 17.0 Å². The number of hydrogen-bond acceptors (Lipinski definition) is 3. The number of nitrogens with two attached hydrogens (primary N) is 1. The summed E-state index contributed by atoms with van der Waals surface area (Å²) in [6, 6.07) is 6.15. The molecule has 0 radical (unpaired) electrons. The van der Waals surface area contributed by atoms with Crippen LogP contribution in [-0.2, 0) is 6.42 Å². The van der Waals surface area contributed by atoms with Gasteiger partial charge in [0.2, 0.25) is 0 Å². The van der Waals surface area contributed by atoms with Crippen LogP contribution in [-0.4, -0.2) is 17.3 Å². The second-order valence-electron chi connectivity index (χ2n) is 4.94. The van der Waals surface area contributed by atoms with E-state index in [4.69, 9.17) is 10.5 Å². The standard InChI is InChI=1S/C15H21N3O/c1-5-10-6-7-11(9(2)3)14(15(10)19-4)12-8-13(16)18-17-12/h6-9H,5H2,1-4H3,(H3,16,17,18). The quantitative estimate of drug-likeness (QED) is 0.885. The van der Waals surface area contributed by atoms with Crippen LogP contribution >= 0.6 is 0 Å². The van der Waals surface area contributed by atoms with E-state index in [9.17, 15) is 0 Å². The Morgan fingerprint density at radius 1 is 1.37 bits per heavy atom. The van der Waals surface area contributed by atoms with Crippen LogP contribution in [0.5, 0.6) is 5.75 Å². The molecule has 0 aliphatic rings. The SMILES string of the molecule is CCc1ccc(C(C)C)c(-c2cc(N)n[nH]2)c1OC. The van der Waals surface area contributed by atoms with Crippen molar-refractivity contribution in [3.63, 3.8) is 0 Å². The van der Waals surface area contributed by atoms with Crippen LogP contribution in [0, 0.1) is 0 Å². The Labute approximate surface area is 114 Å². The Bertz CT molecular complexity index is 573. The van der Waals surface area contributed by atoms with Crippen molar-refractivity contribution in [1.82, 2.24) is 10.2 Å². The average molecular weight is 259 g/mol. The van der Waals surface area contributed by atoms with Crippen LogP contribution in [0.3, 0.4) is 0 Å². The molecule has 1 heterocycles. The second kappa shape index (κ2) is 5.34. The Morgan fingerprint density at radius 2 is 2.11 bits per heavy atom. The smallest absolute Gasteiger partial charge is 0.145 e. The molecule has 4 nitrogen and oxygen atoms in total. The van der Waals surface area contributed by atoms with Crippen molar-refractivity contribution in [2.24, 2.45) is 0 Å². The summed E-state index contributed by atoms with van der Waals surface area (Å²) in [5.41, 5.74) is 10.1. The van der Waals surface area contributed by atoms with E-state index in [1.165, 1.54) is 11.1 Å². The highest BCUT2D eigenvalue weighted by Gasteiger charge is 2.18. The number of nitrogens with one attached hydrogen (secondary N) is 1. The third-order valence-electron chi connectivity index (χ3n) is 3.35. The van der Waals surface area contributed by atoms with E-state index in [0.717, 1.165) is 23.4 Å². The molecule has 4 heteroatoms. The molecule has 3 N–H and O–H groups in total. The van der Waals surface area contributed by atoms with Crippen molar-refractivity contribution in [3.05, 3.63) is 29.3 Å². The molecule has 102 valence electrons. The monoisotopic (exact) mass is 259 g/mol. The van der Waals surface area contributed by atoms with Gasteiger partial charge in [-0.15, -0.1) is 0 Å². The maximum Gasteiger partial charge on any atom is 0.145 e. The molecule has 0 spiro atoms. The predicted octanol–water partition coefficient (Wildman–Crippen LogP) is 3.35. The first kappa shape index (κ1) is 13.5. The molecule has 0 bridgehead atoms. The van der Waals surface area contributed by atoms with Gasteiger partial charge < -0.3 is 10.5 Å². The molecule has 0 saturated heterocycles. The Hall–Kier alpha value is -1.97. The van der Waals surface area contributed by atoms with E-state index >= 15 is 0 Å². The van der Waals surface area contributed by atoms with Gasteiger partial charge in [-0.05, 0) is 23.5 Å². The molecule has 2 aromatic rings. The van der Waals surface area contributed by atoms with Gasteiger partial charge in [0.25, 0.3) is 0 Å². The van der Waals surface area contributed by atoms with E-state index in [2.05, 4.69) is 43.1 Å². The maximum atomic E-state index is 5.72. The zero-order valence-electron chi connectivity index (χ0n) is 11.9. The van der Waals surface area contributed by atoms with Crippen molar-refractivity contribution >= 4 is 5.82 Å². The summed E-state index contributed by atoms with van der Waals surface area (Å²) in [4.78, 5) is 0. The highest BCUT2D eigenvalue weighted by molar-refractivity contribution is 5.75. The highest BCUT2D eigenvalue weighted by Crippen LogP contribution is 2.39. The summed E-state index contributed by atoms with van der Waals surface area (Å²) in [6.45, 7) is 6.46. The lowest BCUT2D eigenvalue weighted by atomic mass is 9.91. The first-order chi connectivity index (χ1) is 9.08. The fraction of sp³-hybridized carbons (Fsp3) is 0.400. The first-order valence-electron chi connectivity index (χ1n) is 6.59. The summed E-state index contributed by atoms with van der Waals surface area (Å²) in [5.74, 6) is 1.81. The third kappa shape index (κ3) is 2.43. The number of rotatable bonds is 4. The first-order valence-corrected chi connectivity index (χ1v) is 6.59. The summed E-state index contributed by atoms with van der Waals surface area (Å²) in [7, 11) is 1.71. The van der Waals surface area contributed by atoms with Crippen molar-refractivity contribution < 1.29 is 4.74 Å². The van der Waals surface area contributed by atoms with Crippen LogP contribution in [0.2, 0.25) is 0 Å². The number of anilines is 1. The van der Waals surface area contributed by atoms with Crippen molar-refractivity contribution in [1.29, 1.82) is 0 Å². The maximum absolute atomic E-state index is 5.72. The summed E-state index contributed by atoms with van der Waals surface area (Å²) < 4.78 is 5.63. The fourth-order valence-corrected chi connectivity index (χ4v) is 2.38. The van der Waals surface area contributed by atoms with Crippen LogP contribution in [0.4, 0.5) is 5.82 Å². The lowest BCUT2D eigenvalue weighted by Gasteiger charge is -2.18. The van der Waals surface area contributed by atoms with E-state index in [1.807, 2.05) is 6.07 Å². The topological polar surface area (TPSA) is 63.9 Å². The minimum absolute atomic E-state index is 0.402. The van der Waals surface area contributed by atoms with E-state index < -0.39 is 0 Å². The number of aryl methyl sites for hydroxylation is 1. The Morgan fingerprint density at radius 3 is 2.58 bits per heavy atom. The van der Waals surface area contributed by atoms with Gasteiger partial charge in [0.05, 0.1) is 12.8 Å². The Balaban J connectivity index is 2.72. The zero-order chi connectivity index (χ0) is 14.0. The van der Waals surface area contributed by atoms with E-state index in [-0.39, 0.29) is 0 Å². The normalized spacial score (nSPS) is 11.0. The van der Waals surface area contributed by atoms with Crippen LogP contribution in [0.15, 0.2) is 18.2 Å². The molecule has 0 amide bonds. The molecule has 0 aliphatic heterocycles. The highest BCUT2D eigenvalue weighted by atomic mass is 16.5. The molecule has 1 aromatic carbocycles. The van der Waals surface area contributed by atoms with Crippen molar-refractivity contribution in [2.45, 2.75) is 33.1 Å². The largest absolute Gasteiger partial charge is 0.496 e. The van der Waals surface area contributed by atoms with Gasteiger partial charge in [0.1, 0.15) is 11.6 Å². The fourth-order valence-electron chi connectivity index (χ4n) is 2.38. The summed E-state index contributed by atoms with van der Waals surface area (Å²) >= 11 is 0. The van der Waals surface area contributed by atoms with Gasteiger partial charge in [-0.1, -0.05) is 32.9 Å². The number of H-pyrrole nitrogens is 1. The second-order valence-corrected chi connectivity index (χ2v) is 4.94. The van der Waals surface area contributed by atoms with Gasteiger partial charge in [-0.25, -0.2) is 0 Å². The molecule has 0 unspecified atom stereocenters. The molecule has 0 aliphatic carbocycles. The number of ether oxygens (including phenoxy) is 1. The number of nitrogens with zero attached hydrogens (tertiary/aromatic N) is 1. The average Bonchev–Trinajstić information content (AvgIpc) is 2.82. The molecule has 1 aromatic heterocycles. The molecule has 19 heavy (non-hydrogen) atoms. The van der Waals surface area contributed by atoms with E-state index in [1.54, 1.807) is 7.11 Å². The summed E-state index contributed by atoms with van der Waals surface area (Å²) in [5, 5.41) is 7.01. The van der Waals surface area contributed by atoms with Crippen LogP contribution in [0.1, 0.15) is 37.8 Å². The predicted molar refractivity (Wildman–Crippen MR) is 78.5 cm³/mol. The number of aromatic amines is 1. The number of nitrogen functional groups attached to an aromatic ring is 1. The molecule has 0 atom stereocenters. The van der Waals surface area contributed by atoms with Crippen LogP contribution in [0.25, 0.3) is 11.3 Å². The van der Waals surface area contributed by atoms with E-state index in [0.29, 0.717) is 11.7 Å². The van der Waals surface area contributed by atoms with Gasteiger partial charge in [0, 0.05) is 11.6 Å².